The maximum atomic E-state index is 11.8. The van der Waals surface area contributed by atoms with Crippen molar-refractivity contribution in [1.82, 2.24) is 9.80 Å². The van der Waals surface area contributed by atoms with E-state index in [0.29, 0.717) is 0 Å². The largest absolute Gasteiger partial charge is 0.444 e. The van der Waals surface area contributed by atoms with Crippen molar-refractivity contribution in [1.29, 1.82) is 0 Å². The molecule has 0 aliphatic heterocycles. The first kappa shape index (κ1) is 30.8. The fourth-order valence-electron chi connectivity index (χ4n) is 2.04. The lowest BCUT2D eigenvalue weighted by molar-refractivity contribution is -0.165. The summed E-state index contributed by atoms with van der Waals surface area (Å²) in [6.07, 6.45) is -2.71. The summed E-state index contributed by atoms with van der Waals surface area (Å²) in [5.74, 6) is -3.71. The molecule has 0 aliphatic rings. The Hall–Kier alpha value is -3.18. The Kier molecular flexibility index (Phi) is 12.2. The predicted octanol–water partition coefficient (Wildman–Crippen LogP) is 2.42. The molecule has 0 aromatic carbocycles. The van der Waals surface area contributed by atoms with Gasteiger partial charge in [0.2, 0.25) is 0 Å². The Bertz CT molecular complexity index is 701. The van der Waals surface area contributed by atoms with Gasteiger partial charge < -0.3 is 28.7 Å². The second-order valence-electron chi connectivity index (χ2n) is 9.50. The molecule has 0 fully saturated rings. The first-order valence-corrected chi connectivity index (χ1v) is 10.7. The summed E-state index contributed by atoms with van der Waals surface area (Å²) in [5.41, 5.74) is -1.38. The van der Waals surface area contributed by atoms with Gasteiger partial charge in [0.05, 0.1) is 25.7 Å². The van der Waals surface area contributed by atoms with Crippen LogP contribution in [0.5, 0.6) is 0 Å². The van der Waals surface area contributed by atoms with Crippen molar-refractivity contribution in [3.05, 3.63) is 0 Å². The van der Waals surface area contributed by atoms with Crippen molar-refractivity contribution in [2.75, 3.05) is 27.2 Å². The van der Waals surface area contributed by atoms with E-state index in [2.05, 4.69) is 9.47 Å². The van der Waals surface area contributed by atoms with Crippen molar-refractivity contribution in [3.63, 3.8) is 0 Å². The molecule has 0 heterocycles. The van der Waals surface area contributed by atoms with E-state index >= 15 is 0 Å². The van der Waals surface area contributed by atoms with Gasteiger partial charge >= 0.3 is 36.1 Å². The molecule has 0 saturated heterocycles. The minimum Gasteiger partial charge on any atom is -0.444 e. The number of nitrogens with zero attached hydrogens (tertiary/aromatic N) is 2. The van der Waals surface area contributed by atoms with Gasteiger partial charge in [-0.1, -0.05) is 0 Å². The van der Waals surface area contributed by atoms with Crippen molar-refractivity contribution >= 4 is 36.1 Å². The average Bonchev–Trinajstić information content (AvgIpc) is 2.65. The van der Waals surface area contributed by atoms with E-state index in [4.69, 9.17) is 9.47 Å². The standard InChI is InChI=1S/C22H36N2O10/c1-21(2,3)33-19(29)23(7)13-11-17(27)31-15(25)9-10-16(26)32-18(28)12-14-24(8)20(30)34-22(4,5)6/h9-14H2,1-8H3. The van der Waals surface area contributed by atoms with Crippen molar-refractivity contribution < 1.29 is 47.7 Å². The summed E-state index contributed by atoms with van der Waals surface area (Å²) in [6, 6.07) is 0. The Morgan fingerprint density at radius 3 is 1.06 bits per heavy atom. The molecule has 0 saturated carbocycles. The fraction of sp³-hybridized carbons (Fsp3) is 0.727. The van der Waals surface area contributed by atoms with Crippen LogP contribution < -0.4 is 0 Å². The summed E-state index contributed by atoms with van der Waals surface area (Å²) >= 11 is 0. The molecule has 0 N–H and O–H groups in total. The predicted molar refractivity (Wildman–Crippen MR) is 118 cm³/mol. The van der Waals surface area contributed by atoms with Gasteiger partial charge in [0, 0.05) is 27.2 Å². The van der Waals surface area contributed by atoms with E-state index in [-0.39, 0.29) is 25.9 Å². The number of ether oxygens (including phenoxy) is 4. The van der Waals surface area contributed by atoms with E-state index in [1.807, 2.05) is 0 Å². The van der Waals surface area contributed by atoms with E-state index in [1.54, 1.807) is 41.5 Å². The molecule has 0 atom stereocenters. The second kappa shape index (κ2) is 13.5. The van der Waals surface area contributed by atoms with Crippen LogP contribution in [0.4, 0.5) is 9.59 Å². The fourth-order valence-corrected chi connectivity index (χ4v) is 2.04. The van der Waals surface area contributed by atoms with Crippen molar-refractivity contribution in [2.45, 2.75) is 78.4 Å². The number of carbonyl (C=O) groups is 6. The van der Waals surface area contributed by atoms with Crippen molar-refractivity contribution in [2.24, 2.45) is 0 Å². The quantitative estimate of drug-likeness (QED) is 0.269. The van der Waals surface area contributed by atoms with Crippen LogP contribution in [0.25, 0.3) is 0 Å². The maximum absolute atomic E-state index is 11.8. The third-order valence-corrected chi connectivity index (χ3v) is 3.70. The van der Waals surface area contributed by atoms with Gasteiger partial charge in [-0.3, -0.25) is 19.2 Å². The van der Waals surface area contributed by atoms with Crippen LogP contribution in [0.3, 0.4) is 0 Å². The molecule has 2 amide bonds. The Labute approximate surface area is 199 Å². The molecule has 12 nitrogen and oxygen atoms in total. The highest BCUT2D eigenvalue weighted by Crippen LogP contribution is 2.10. The van der Waals surface area contributed by atoms with Crippen LogP contribution >= 0.6 is 0 Å². The highest BCUT2D eigenvalue weighted by Gasteiger charge is 2.22. The van der Waals surface area contributed by atoms with E-state index < -0.39 is 60.1 Å². The van der Waals surface area contributed by atoms with Gasteiger partial charge in [0.25, 0.3) is 0 Å². The number of carbonyl (C=O) groups excluding carboxylic acids is 6. The molecular formula is C22H36N2O10. The maximum Gasteiger partial charge on any atom is 0.410 e. The molecule has 0 aliphatic carbocycles. The smallest absolute Gasteiger partial charge is 0.410 e. The first-order valence-electron chi connectivity index (χ1n) is 10.7. The molecule has 0 rings (SSSR count). The van der Waals surface area contributed by atoms with Gasteiger partial charge in [0.15, 0.2) is 0 Å². The lowest BCUT2D eigenvalue weighted by Gasteiger charge is -2.24. The van der Waals surface area contributed by atoms with Crippen LogP contribution in [0.2, 0.25) is 0 Å². The molecule has 0 aromatic heterocycles. The van der Waals surface area contributed by atoms with Gasteiger partial charge in [-0.2, -0.15) is 0 Å². The summed E-state index contributed by atoms with van der Waals surface area (Å²) in [5, 5.41) is 0. The van der Waals surface area contributed by atoms with E-state index in [9.17, 15) is 28.8 Å². The number of hydrogen-bond acceptors (Lipinski definition) is 10. The molecular weight excluding hydrogens is 452 g/mol. The highest BCUT2D eigenvalue weighted by atomic mass is 16.6. The Morgan fingerprint density at radius 1 is 0.529 bits per heavy atom. The lowest BCUT2D eigenvalue weighted by Crippen LogP contribution is -2.35. The minimum atomic E-state index is -0.973. The van der Waals surface area contributed by atoms with Crippen LogP contribution in [0, 0.1) is 0 Å². The number of amides is 2. The molecule has 34 heavy (non-hydrogen) atoms. The van der Waals surface area contributed by atoms with Crippen LogP contribution in [0.15, 0.2) is 0 Å². The zero-order valence-electron chi connectivity index (χ0n) is 21.2. The monoisotopic (exact) mass is 488 g/mol. The van der Waals surface area contributed by atoms with E-state index in [1.165, 1.54) is 23.9 Å². The van der Waals surface area contributed by atoms with Gasteiger partial charge in [-0.05, 0) is 41.5 Å². The van der Waals surface area contributed by atoms with Gasteiger partial charge in [-0.15, -0.1) is 0 Å². The molecule has 0 bridgehead atoms. The zero-order chi connectivity index (χ0) is 26.7. The number of hydrogen-bond donors (Lipinski definition) is 0. The summed E-state index contributed by atoms with van der Waals surface area (Å²) in [4.78, 5) is 72.9. The summed E-state index contributed by atoms with van der Waals surface area (Å²) in [7, 11) is 2.86. The van der Waals surface area contributed by atoms with Crippen LogP contribution in [0.1, 0.15) is 67.2 Å². The lowest BCUT2D eigenvalue weighted by atomic mass is 10.2. The highest BCUT2D eigenvalue weighted by molar-refractivity contribution is 5.90. The molecule has 0 radical (unpaired) electrons. The molecule has 0 aromatic rings. The number of esters is 4. The minimum absolute atomic E-state index is 0.0324. The molecule has 0 spiro atoms. The Morgan fingerprint density at radius 2 is 0.794 bits per heavy atom. The van der Waals surface area contributed by atoms with Crippen molar-refractivity contribution in [3.8, 4) is 0 Å². The first-order chi connectivity index (χ1) is 15.4. The summed E-state index contributed by atoms with van der Waals surface area (Å²) < 4.78 is 19.4. The molecule has 194 valence electrons. The average molecular weight is 489 g/mol. The zero-order valence-corrected chi connectivity index (χ0v) is 21.2. The molecule has 12 heteroatoms. The number of rotatable bonds is 9. The van der Waals surface area contributed by atoms with Crippen LogP contribution in [-0.2, 0) is 38.1 Å². The normalized spacial score (nSPS) is 11.2. The van der Waals surface area contributed by atoms with E-state index in [0.717, 1.165) is 0 Å². The SMILES string of the molecule is CN(CCC(=O)OC(=O)CCC(=O)OC(=O)CCN(C)C(=O)OC(C)(C)C)C(=O)OC(C)(C)C. The summed E-state index contributed by atoms with van der Waals surface area (Å²) in [6.45, 7) is 10.1. The van der Waals surface area contributed by atoms with Gasteiger partial charge in [0.1, 0.15) is 11.2 Å². The third kappa shape index (κ3) is 15.6. The van der Waals surface area contributed by atoms with Gasteiger partial charge in [-0.25, -0.2) is 9.59 Å². The Balaban J connectivity index is 4.21. The topological polar surface area (TPSA) is 146 Å². The second-order valence-corrected chi connectivity index (χ2v) is 9.50. The third-order valence-electron chi connectivity index (χ3n) is 3.70. The molecule has 0 unspecified atom stereocenters. The van der Waals surface area contributed by atoms with Crippen LogP contribution in [-0.4, -0.2) is 84.3 Å².